The number of aryl methyl sites for hydroxylation is 2. The van der Waals surface area contributed by atoms with Crippen molar-refractivity contribution in [1.82, 2.24) is 4.98 Å². The van der Waals surface area contributed by atoms with Crippen LogP contribution in [0.15, 0.2) is 28.7 Å². The Balaban J connectivity index is 2.37. The molecule has 0 aliphatic heterocycles. The number of carbonyl (C=O) groups is 1. The van der Waals surface area contributed by atoms with Crippen LogP contribution < -0.4 is 0 Å². The molecule has 0 atom stereocenters. The molecule has 0 N–H and O–H groups in total. The molecule has 3 heteroatoms. The van der Waals surface area contributed by atoms with Gasteiger partial charge in [0.2, 0.25) is 5.89 Å². The van der Waals surface area contributed by atoms with Gasteiger partial charge in [0.1, 0.15) is 12.0 Å². The molecule has 0 bridgehead atoms. The summed E-state index contributed by atoms with van der Waals surface area (Å²) in [4.78, 5) is 14.7. The summed E-state index contributed by atoms with van der Waals surface area (Å²) in [5.41, 5.74) is 2.84. The minimum Gasteiger partial charge on any atom is -0.441 e. The number of nitrogens with zero attached hydrogens (tertiary/aromatic N) is 1. The van der Waals surface area contributed by atoms with E-state index in [0.717, 1.165) is 11.8 Å². The molecule has 0 amide bonds. The van der Waals surface area contributed by atoms with Crippen LogP contribution in [0.3, 0.4) is 0 Å². The normalized spacial score (nSPS) is 10.4. The van der Waals surface area contributed by atoms with E-state index in [4.69, 9.17) is 4.42 Å². The van der Waals surface area contributed by atoms with Crippen molar-refractivity contribution in [2.24, 2.45) is 0 Å². The molecule has 0 unspecified atom stereocenters. The highest BCUT2D eigenvalue weighted by Gasteiger charge is 2.10. The monoisotopic (exact) mass is 215 g/mol. The number of hydrogen-bond acceptors (Lipinski definition) is 3. The van der Waals surface area contributed by atoms with Crippen molar-refractivity contribution < 1.29 is 9.21 Å². The maximum atomic E-state index is 10.4. The van der Waals surface area contributed by atoms with E-state index in [2.05, 4.69) is 4.98 Å². The van der Waals surface area contributed by atoms with Gasteiger partial charge in [-0.3, -0.25) is 0 Å². The second-order valence-electron chi connectivity index (χ2n) is 3.76. The van der Waals surface area contributed by atoms with E-state index in [-0.39, 0.29) is 0 Å². The molecule has 1 heterocycles. The van der Waals surface area contributed by atoms with Crippen molar-refractivity contribution in [2.75, 3.05) is 0 Å². The second-order valence-corrected chi connectivity index (χ2v) is 3.76. The van der Waals surface area contributed by atoms with Crippen LogP contribution in [0, 0.1) is 13.8 Å². The summed E-state index contributed by atoms with van der Waals surface area (Å²) in [6.07, 6.45) is 1.14. The fraction of sp³-hybridized carbons (Fsp3) is 0.231. The van der Waals surface area contributed by atoms with Crippen molar-refractivity contribution in [2.45, 2.75) is 20.3 Å². The van der Waals surface area contributed by atoms with E-state index in [1.54, 1.807) is 0 Å². The fourth-order valence-corrected chi connectivity index (χ4v) is 1.52. The van der Waals surface area contributed by atoms with Crippen LogP contribution in [-0.2, 0) is 11.2 Å². The van der Waals surface area contributed by atoms with Crippen LogP contribution in [0.1, 0.15) is 17.0 Å². The predicted molar refractivity (Wildman–Crippen MR) is 61.2 cm³/mol. The first-order valence-corrected chi connectivity index (χ1v) is 5.17. The zero-order valence-electron chi connectivity index (χ0n) is 9.36. The average Bonchev–Trinajstić information content (AvgIpc) is 2.62. The molecule has 2 aromatic rings. The minimum atomic E-state index is 0.307. The smallest absolute Gasteiger partial charge is 0.226 e. The summed E-state index contributed by atoms with van der Waals surface area (Å²) < 4.78 is 5.52. The lowest BCUT2D eigenvalue weighted by Crippen LogP contribution is -1.88. The number of aromatic nitrogens is 1. The molecule has 1 aromatic carbocycles. The van der Waals surface area contributed by atoms with Gasteiger partial charge in [-0.25, -0.2) is 4.98 Å². The maximum absolute atomic E-state index is 10.4. The van der Waals surface area contributed by atoms with Crippen LogP contribution >= 0.6 is 0 Å². The van der Waals surface area contributed by atoms with Gasteiger partial charge < -0.3 is 9.21 Å². The van der Waals surface area contributed by atoms with E-state index in [9.17, 15) is 4.79 Å². The lowest BCUT2D eigenvalue weighted by Gasteiger charge is -1.95. The summed E-state index contributed by atoms with van der Waals surface area (Å²) in [7, 11) is 0. The van der Waals surface area contributed by atoms with Gasteiger partial charge in [0.15, 0.2) is 0 Å². The van der Waals surface area contributed by atoms with Gasteiger partial charge in [0.25, 0.3) is 0 Å². The quantitative estimate of drug-likeness (QED) is 0.739. The summed E-state index contributed by atoms with van der Waals surface area (Å²) in [5.74, 6) is 1.29. The Bertz CT molecular complexity index is 497. The van der Waals surface area contributed by atoms with Gasteiger partial charge in [-0.2, -0.15) is 0 Å². The lowest BCUT2D eigenvalue weighted by molar-refractivity contribution is -0.107. The number of benzene rings is 1. The Labute approximate surface area is 94.1 Å². The molecule has 0 aliphatic carbocycles. The van der Waals surface area contributed by atoms with Gasteiger partial charge in [-0.15, -0.1) is 0 Å². The van der Waals surface area contributed by atoms with Crippen molar-refractivity contribution in [3.8, 4) is 11.5 Å². The molecule has 1 aromatic heterocycles. The molecular formula is C13H13NO2. The molecule has 0 saturated carbocycles. The first-order chi connectivity index (χ1) is 7.70. The number of rotatable bonds is 3. The molecule has 16 heavy (non-hydrogen) atoms. The molecule has 0 radical (unpaired) electrons. The summed E-state index contributed by atoms with van der Waals surface area (Å²) in [5, 5.41) is 0. The highest BCUT2D eigenvalue weighted by Crippen LogP contribution is 2.21. The topological polar surface area (TPSA) is 43.1 Å². The van der Waals surface area contributed by atoms with Gasteiger partial charge >= 0.3 is 0 Å². The highest BCUT2D eigenvalue weighted by molar-refractivity contribution is 5.57. The highest BCUT2D eigenvalue weighted by atomic mass is 16.4. The van der Waals surface area contributed by atoms with Gasteiger partial charge in [0.05, 0.1) is 5.69 Å². The van der Waals surface area contributed by atoms with E-state index in [0.29, 0.717) is 23.8 Å². The molecule has 0 fully saturated rings. The SMILES string of the molecule is Cc1ccc(-c2nc(CC=O)c(C)o2)cc1. The average molecular weight is 215 g/mol. The van der Waals surface area contributed by atoms with Crippen LogP contribution in [0.2, 0.25) is 0 Å². The van der Waals surface area contributed by atoms with Crippen molar-refractivity contribution in [3.63, 3.8) is 0 Å². The number of carbonyl (C=O) groups excluding carboxylic acids is 1. The van der Waals surface area contributed by atoms with E-state index >= 15 is 0 Å². The zero-order chi connectivity index (χ0) is 11.5. The molecule has 0 spiro atoms. The standard InChI is InChI=1S/C13H13NO2/c1-9-3-5-11(6-4-9)13-14-12(7-8-15)10(2)16-13/h3-6,8H,7H2,1-2H3. The van der Waals surface area contributed by atoms with Gasteiger partial charge in [-0.1, -0.05) is 17.7 Å². The van der Waals surface area contributed by atoms with Crippen LogP contribution in [0.5, 0.6) is 0 Å². The van der Waals surface area contributed by atoms with Crippen LogP contribution in [0.25, 0.3) is 11.5 Å². The molecule has 82 valence electrons. The van der Waals surface area contributed by atoms with Crippen molar-refractivity contribution in [1.29, 1.82) is 0 Å². The molecular weight excluding hydrogens is 202 g/mol. The number of aldehydes is 1. The molecule has 2 rings (SSSR count). The Morgan fingerprint density at radius 2 is 1.94 bits per heavy atom. The Hall–Kier alpha value is -1.90. The third-order valence-electron chi connectivity index (χ3n) is 2.47. The molecule has 0 saturated heterocycles. The van der Waals surface area contributed by atoms with Crippen LogP contribution in [0.4, 0.5) is 0 Å². The number of hydrogen-bond donors (Lipinski definition) is 0. The largest absolute Gasteiger partial charge is 0.441 e. The predicted octanol–water partition coefficient (Wildman–Crippen LogP) is 2.70. The third-order valence-corrected chi connectivity index (χ3v) is 2.47. The zero-order valence-corrected chi connectivity index (χ0v) is 9.36. The fourth-order valence-electron chi connectivity index (χ4n) is 1.52. The van der Waals surface area contributed by atoms with E-state index in [1.807, 2.05) is 38.1 Å². The van der Waals surface area contributed by atoms with E-state index < -0.39 is 0 Å². The van der Waals surface area contributed by atoms with Gasteiger partial charge in [-0.05, 0) is 26.0 Å². The summed E-state index contributed by atoms with van der Waals surface area (Å²) in [6.45, 7) is 3.85. The summed E-state index contributed by atoms with van der Waals surface area (Å²) in [6, 6.07) is 7.94. The first kappa shape index (κ1) is 10.6. The van der Waals surface area contributed by atoms with Crippen molar-refractivity contribution in [3.05, 3.63) is 41.3 Å². The first-order valence-electron chi connectivity index (χ1n) is 5.17. The van der Waals surface area contributed by atoms with E-state index in [1.165, 1.54) is 5.56 Å². The van der Waals surface area contributed by atoms with Crippen molar-refractivity contribution >= 4 is 6.29 Å². The molecule has 3 nitrogen and oxygen atoms in total. The Morgan fingerprint density at radius 3 is 2.56 bits per heavy atom. The Morgan fingerprint density at radius 1 is 1.25 bits per heavy atom. The maximum Gasteiger partial charge on any atom is 0.226 e. The Kier molecular flexibility index (Phi) is 2.86. The second kappa shape index (κ2) is 4.31. The minimum absolute atomic E-state index is 0.307. The number of oxazole rings is 1. The molecule has 0 aliphatic rings. The van der Waals surface area contributed by atoms with Gasteiger partial charge in [0, 0.05) is 12.0 Å². The third kappa shape index (κ3) is 2.03. The summed E-state index contributed by atoms with van der Waals surface area (Å²) >= 11 is 0. The lowest BCUT2D eigenvalue weighted by atomic mass is 10.1. The van der Waals surface area contributed by atoms with Crippen LogP contribution in [-0.4, -0.2) is 11.3 Å².